The predicted molar refractivity (Wildman–Crippen MR) is 235 cm³/mol. The molecule has 0 N–H and O–H groups in total. The molecule has 2 aromatic heterocycles. The van der Waals surface area contributed by atoms with Gasteiger partial charge in [0.25, 0.3) is 0 Å². The van der Waals surface area contributed by atoms with E-state index in [1.54, 1.807) is 0 Å². The van der Waals surface area contributed by atoms with Crippen molar-refractivity contribution in [2.75, 3.05) is 0 Å². The number of aromatic nitrogens is 2. The van der Waals surface area contributed by atoms with Crippen molar-refractivity contribution in [1.29, 1.82) is 0 Å². The highest BCUT2D eigenvalue weighted by Gasteiger charge is 2.18. The topological polar surface area (TPSA) is 29.7 Å². The number of benzene rings is 7. The molecule has 268 valence electrons. The predicted octanol–water partition coefficient (Wildman–Crippen LogP) is 13.9. The summed E-state index contributed by atoms with van der Waals surface area (Å²) in [7, 11) is 0. The third kappa shape index (κ3) is 6.99. The molecule has 1 unspecified atom stereocenters. The molecule has 0 aliphatic carbocycles. The van der Waals surface area contributed by atoms with Crippen LogP contribution in [0.25, 0.3) is 61.5 Å². The number of fused-ring (bicyclic) bond motifs is 1. The lowest BCUT2D eigenvalue weighted by Gasteiger charge is -2.18. The number of rotatable bonds is 9. The standard InChI is InChI=1S/C53H41N3/c1-37-16-12-13-23-49(37)54-51(43-19-8-4-9-20-43)38(2)39-25-27-41(28-26-39)47-34-46(40-17-6-3-7-18-40)35-48(36-47)42-29-31-44(32-30-42)52-53(45-21-10-5-11-22-45)56-33-15-14-24-50(56)55-52/h3-36,38H,1-2H3/b54-51+. The van der Waals surface area contributed by atoms with Gasteiger partial charge in [-0.25, -0.2) is 4.98 Å². The molecule has 0 saturated carbocycles. The van der Waals surface area contributed by atoms with Gasteiger partial charge in [0.05, 0.1) is 22.8 Å². The van der Waals surface area contributed by atoms with Crippen molar-refractivity contribution in [2.24, 2.45) is 4.99 Å². The van der Waals surface area contributed by atoms with Gasteiger partial charge >= 0.3 is 0 Å². The van der Waals surface area contributed by atoms with E-state index in [1.165, 1.54) is 38.9 Å². The smallest absolute Gasteiger partial charge is 0.137 e. The van der Waals surface area contributed by atoms with Gasteiger partial charge in [-0.15, -0.1) is 0 Å². The first kappa shape index (κ1) is 34.7. The van der Waals surface area contributed by atoms with Crippen LogP contribution in [-0.4, -0.2) is 15.1 Å². The number of nitrogens with zero attached hydrogens (tertiary/aromatic N) is 3. The van der Waals surface area contributed by atoms with Gasteiger partial charge in [-0.3, -0.25) is 9.39 Å². The van der Waals surface area contributed by atoms with Crippen LogP contribution in [0.5, 0.6) is 0 Å². The average molecular weight is 720 g/mol. The zero-order chi connectivity index (χ0) is 37.8. The van der Waals surface area contributed by atoms with Gasteiger partial charge in [-0.05, 0) is 93.4 Å². The summed E-state index contributed by atoms with van der Waals surface area (Å²) >= 11 is 0. The number of aliphatic imine (C=N–C) groups is 1. The molecule has 9 rings (SSSR count). The molecule has 0 aliphatic heterocycles. The van der Waals surface area contributed by atoms with Gasteiger partial charge in [0.15, 0.2) is 0 Å². The molecule has 0 aliphatic rings. The number of para-hydroxylation sites is 1. The maximum absolute atomic E-state index is 5.24. The molecule has 0 spiro atoms. The first-order chi connectivity index (χ1) is 27.6. The van der Waals surface area contributed by atoms with Crippen molar-refractivity contribution >= 4 is 17.0 Å². The molecule has 9 aromatic rings. The summed E-state index contributed by atoms with van der Waals surface area (Å²) in [4.78, 5) is 10.3. The normalized spacial score (nSPS) is 12.1. The monoisotopic (exact) mass is 719 g/mol. The van der Waals surface area contributed by atoms with Gasteiger partial charge in [0, 0.05) is 23.2 Å². The van der Waals surface area contributed by atoms with Crippen LogP contribution < -0.4 is 0 Å². The van der Waals surface area contributed by atoms with Crippen LogP contribution in [0, 0.1) is 6.92 Å². The minimum atomic E-state index is 0.0890. The van der Waals surface area contributed by atoms with Crippen molar-refractivity contribution in [2.45, 2.75) is 19.8 Å². The molecule has 0 fully saturated rings. The van der Waals surface area contributed by atoms with E-state index in [1.807, 2.05) is 6.07 Å². The Morgan fingerprint density at radius 2 is 0.982 bits per heavy atom. The Morgan fingerprint density at radius 3 is 1.61 bits per heavy atom. The lowest BCUT2D eigenvalue weighted by atomic mass is 9.89. The number of pyridine rings is 1. The molecule has 3 heteroatoms. The molecule has 0 amide bonds. The fraction of sp³-hybridized carbons (Fsp3) is 0.0566. The lowest BCUT2D eigenvalue weighted by molar-refractivity contribution is 1.02. The summed E-state index contributed by atoms with van der Waals surface area (Å²) in [5, 5.41) is 0. The van der Waals surface area contributed by atoms with Crippen LogP contribution in [0.3, 0.4) is 0 Å². The van der Waals surface area contributed by atoms with E-state index >= 15 is 0 Å². The first-order valence-electron chi connectivity index (χ1n) is 19.2. The molecule has 2 heterocycles. The Balaban J connectivity index is 1.08. The lowest BCUT2D eigenvalue weighted by Crippen LogP contribution is -2.11. The number of aryl methyl sites for hydroxylation is 1. The zero-order valence-corrected chi connectivity index (χ0v) is 31.5. The number of hydrogen-bond acceptors (Lipinski definition) is 2. The van der Waals surface area contributed by atoms with E-state index in [-0.39, 0.29) is 5.92 Å². The third-order valence-corrected chi connectivity index (χ3v) is 10.7. The quantitative estimate of drug-likeness (QED) is 0.137. The zero-order valence-electron chi connectivity index (χ0n) is 31.5. The van der Waals surface area contributed by atoms with Crippen LogP contribution in [-0.2, 0) is 0 Å². The highest BCUT2D eigenvalue weighted by atomic mass is 15.0. The minimum absolute atomic E-state index is 0.0890. The van der Waals surface area contributed by atoms with E-state index < -0.39 is 0 Å². The SMILES string of the molecule is Cc1ccccc1/N=C(/c1ccccc1)C(C)c1ccc(-c2cc(-c3ccccc3)cc(-c3ccc(-c4nc5ccccn5c4-c4ccccc4)cc3)c2)cc1. The molecule has 1 atom stereocenters. The summed E-state index contributed by atoms with van der Waals surface area (Å²) in [6, 6.07) is 71.1. The van der Waals surface area contributed by atoms with Gasteiger partial charge in [-0.2, -0.15) is 0 Å². The second kappa shape index (κ2) is 15.3. The fourth-order valence-electron chi connectivity index (χ4n) is 7.61. The van der Waals surface area contributed by atoms with Crippen molar-refractivity contribution in [1.82, 2.24) is 9.38 Å². The van der Waals surface area contributed by atoms with E-state index in [9.17, 15) is 0 Å². The second-order valence-electron chi connectivity index (χ2n) is 14.3. The van der Waals surface area contributed by atoms with Crippen LogP contribution >= 0.6 is 0 Å². The summed E-state index contributed by atoms with van der Waals surface area (Å²) in [5.74, 6) is 0.0890. The highest BCUT2D eigenvalue weighted by Crippen LogP contribution is 2.37. The Hall–Kier alpha value is -7.10. The van der Waals surface area contributed by atoms with Gasteiger partial charge in [0.1, 0.15) is 5.65 Å². The number of imidazole rings is 1. The van der Waals surface area contributed by atoms with E-state index in [2.05, 4.69) is 219 Å². The van der Waals surface area contributed by atoms with Crippen molar-refractivity contribution < 1.29 is 0 Å². The van der Waals surface area contributed by atoms with Crippen LogP contribution in [0.2, 0.25) is 0 Å². The van der Waals surface area contributed by atoms with Gasteiger partial charge in [-0.1, -0.05) is 171 Å². The Labute approximate surface area is 329 Å². The van der Waals surface area contributed by atoms with Crippen molar-refractivity contribution in [3.63, 3.8) is 0 Å². The van der Waals surface area contributed by atoms with E-state index in [0.717, 1.165) is 50.7 Å². The maximum atomic E-state index is 5.24. The van der Waals surface area contributed by atoms with E-state index in [4.69, 9.17) is 9.98 Å². The third-order valence-electron chi connectivity index (χ3n) is 10.7. The summed E-state index contributed by atoms with van der Waals surface area (Å²) < 4.78 is 2.18. The largest absolute Gasteiger partial charge is 0.299 e. The van der Waals surface area contributed by atoms with Crippen LogP contribution in [0.15, 0.2) is 211 Å². The molecule has 0 saturated heterocycles. The average Bonchev–Trinajstić information content (AvgIpc) is 3.67. The molecule has 56 heavy (non-hydrogen) atoms. The summed E-state index contributed by atoms with van der Waals surface area (Å²) in [6.07, 6.45) is 2.09. The maximum Gasteiger partial charge on any atom is 0.137 e. The molecule has 0 radical (unpaired) electrons. The molecule has 3 nitrogen and oxygen atoms in total. The van der Waals surface area contributed by atoms with Gasteiger partial charge < -0.3 is 0 Å². The van der Waals surface area contributed by atoms with Gasteiger partial charge in [0.2, 0.25) is 0 Å². The summed E-state index contributed by atoms with van der Waals surface area (Å²) in [5.41, 5.74) is 17.9. The fourth-order valence-corrected chi connectivity index (χ4v) is 7.61. The Bertz CT molecular complexity index is 2780. The van der Waals surface area contributed by atoms with Crippen molar-refractivity contribution in [3.8, 4) is 55.9 Å². The Morgan fingerprint density at radius 1 is 0.482 bits per heavy atom. The van der Waals surface area contributed by atoms with Crippen molar-refractivity contribution in [3.05, 3.63) is 223 Å². The molecular weight excluding hydrogens is 679 g/mol. The first-order valence-corrected chi connectivity index (χ1v) is 19.2. The number of hydrogen-bond donors (Lipinski definition) is 0. The Kier molecular flexibility index (Phi) is 9.49. The second-order valence-corrected chi connectivity index (χ2v) is 14.3. The van der Waals surface area contributed by atoms with Crippen LogP contribution in [0.1, 0.15) is 29.5 Å². The molecule has 0 bridgehead atoms. The molecule has 7 aromatic carbocycles. The van der Waals surface area contributed by atoms with E-state index in [0.29, 0.717) is 0 Å². The molecular formula is C53H41N3. The minimum Gasteiger partial charge on any atom is -0.299 e. The highest BCUT2D eigenvalue weighted by molar-refractivity contribution is 6.06. The summed E-state index contributed by atoms with van der Waals surface area (Å²) in [6.45, 7) is 4.38. The van der Waals surface area contributed by atoms with Crippen LogP contribution in [0.4, 0.5) is 5.69 Å².